The molecule has 2 aromatic rings. The first-order chi connectivity index (χ1) is 10.3. The summed E-state index contributed by atoms with van der Waals surface area (Å²) in [4.78, 5) is 0. The molecule has 0 aliphatic carbocycles. The van der Waals surface area contributed by atoms with Crippen molar-refractivity contribution in [2.45, 2.75) is 13.0 Å². The number of terminal acetylenes is 1. The van der Waals surface area contributed by atoms with E-state index in [1.54, 1.807) is 12.1 Å². The van der Waals surface area contributed by atoms with Crippen molar-refractivity contribution in [3.8, 4) is 18.1 Å². The van der Waals surface area contributed by atoms with E-state index >= 15 is 0 Å². The lowest BCUT2D eigenvalue weighted by molar-refractivity contribution is 0.365. The molecule has 0 unspecified atom stereocenters. The van der Waals surface area contributed by atoms with Crippen LogP contribution in [-0.2, 0) is 13.0 Å². The maximum absolute atomic E-state index is 12.8. The minimum absolute atomic E-state index is 0. The van der Waals surface area contributed by atoms with Gasteiger partial charge in [0, 0.05) is 12.1 Å². The number of hydrogen-bond donors (Lipinski definition) is 1. The lowest BCUT2D eigenvalue weighted by Gasteiger charge is -2.10. The van der Waals surface area contributed by atoms with Crippen molar-refractivity contribution >= 4 is 12.4 Å². The van der Waals surface area contributed by atoms with Crippen molar-refractivity contribution in [3.05, 3.63) is 65.5 Å². The predicted octanol–water partition coefficient (Wildman–Crippen LogP) is 3.59. The zero-order chi connectivity index (χ0) is 14.9. The Morgan fingerprint density at radius 2 is 1.82 bits per heavy atom. The van der Waals surface area contributed by atoms with Crippen LogP contribution in [0.4, 0.5) is 4.39 Å². The zero-order valence-electron chi connectivity index (χ0n) is 12.2. The molecule has 2 nitrogen and oxygen atoms in total. The van der Waals surface area contributed by atoms with Gasteiger partial charge in [0.2, 0.25) is 0 Å². The third-order valence-electron chi connectivity index (χ3n) is 3.10. The first-order valence-corrected chi connectivity index (χ1v) is 6.89. The molecule has 2 rings (SSSR count). The molecule has 0 saturated carbocycles. The first kappa shape index (κ1) is 18.0. The maximum atomic E-state index is 12.8. The second-order valence-electron chi connectivity index (χ2n) is 4.65. The molecule has 0 heterocycles. The minimum Gasteiger partial charge on any atom is -0.481 e. The quantitative estimate of drug-likeness (QED) is 0.622. The van der Waals surface area contributed by atoms with Gasteiger partial charge in [-0.15, -0.1) is 18.8 Å². The number of benzene rings is 2. The van der Waals surface area contributed by atoms with Crippen LogP contribution >= 0.6 is 12.4 Å². The smallest absolute Gasteiger partial charge is 0.148 e. The Hall–Kier alpha value is -2.02. The summed E-state index contributed by atoms with van der Waals surface area (Å²) in [5.74, 6) is 3.07. The Balaban J connectivity index is 0.00000242. The van der Waals surface area contributed by atoms with Gasteiger partial charge in [-0.1, -0.05) is 36.3 Å². The number of hydrogen-bond acceptors (Lipinski definition) is 2. The number of nitrogens with one attached hydrogen (secondary N) is 1. The molecule has 0 radical (unpaired) electrons. The monoisotopic (exact) mass is 319 g/mol. The van der Waals surface area contributed by atoms with E-state index in [1.807, 2.05) is 24.3 Å². The van der Waals surface area contributed by atoms with Crippen LogP contribution in [0.3, 0.4) is 0 Å². The molecule has 0 aliphatic heterocycles. The zero-order valence-corrected chi connectivity index (χ0v) is 13.0. The van der Waals surface area contributed by atoms with Crippen LogP contribution in [-0.4, -0.2) is 13.2 Å². The highest BCUT2D eigenvalue weighted by Crippen LogP contribution is 2.17. The Morgan fingerprint density at radius 3 is 2.55 bits per heavy atom. The topological polar surface area (TPSA) is 21.3 Å². The normalized spacial score (nSPS) is 9.64. The average molecular weight is 320 g/mol. The molecule has 0 bridgehead atoms. The Labute approximate surface area is 137 Å². The van der Waals surface area contributed by atoms with Crippen molar-refractivity contribution < 1.29 is 9.13 Å². The van der Waals surface area contributed by atoms with Crippen molar-refractivity contribution in [2.75, 3.05) is 13.2 Å². The summed E-state index contributed by atoms with van der Waals surface area (Å²) in [5, 5.41) is 3.36. The maximum Gasteiger partial charge on any atom is 0.148 e. The van der Waals surface area contributed by atoms with Crippen molar-refractivity contribution in [1.29, 1.82) is 0 Å². The SMILES string of the molecule is C#CCOc1ccccc1CNCCc1ccc(F)cc1.Cl. The highest BCUT2D eigenvalue weighted by atomic mass is 35.5. The van der Waals surface area contributed by atoms with Crippen LogP contribution in [0.1, 0.15) is 11.1 Å². The van der Waals surface area contributed by atoms with Gasteiger partial charge in [-0.3, -0.25) is 0 Å². The van der Waals surface area contributed by atoms with Gasteiger partial charge in [-0.05, 0) is 36.7 Å². The molecule has 0 atom stereocenters. The van der Waals surface area contributed by atoms with E-state index in [4.69, 9.17) is 11.2 Å². The largest absolute Gasteiger partial charge is 0.481 e. The number of para-hydroxylation sites is 1. The molecule has 0 spiro atoms. The van der Waals surface area contributed by atoms with E-state index in [-0.39, 0.29) is 24.8 Å². The van der Waals surface area contributed by atoms with E-state index in [0.29, 0.717) is 6.54 Å². The Bertz CT molecular complexity index is 607. The molecule has 1 N–H and O–H groups in total. The first-order valence-electron chi connectivity index (χ1n) is 6.89. The summed E-state index contributed by atoms with van der Waals surface area (Å²) in [5.41, 5.74) is 2.19. The Morgan fingerprint density at radius 1 is 1.09 bits per heavy atom. The van der Waals surface area contributed by atoms with Crippen LogP contribution in [0, 0.1) is 18.2 Å². The summed E-state index contributed by atoms with van der Waals surface area (Å²) in [6.45, 7) is 1.80. The number of rotatable bonds is 7. The molecular formula is C18H19ClFNO. The molecule has 0 amide bonds. The number of halogens is 2. The average Bonchev–Trinajstić information content (AvgIpc) is 2.52. The fraction of sp³-hybridized carbons (Fsp3) is 0.222. The van der Waals surface area contributed by atoms with Gasteiger partial charge < -0.3 is 10.1 Å². The van der Waals surface area contributed by atoms with Crippen LogP contribution in [0.25, 0.3) is 0 Å². The van der Waals surface area contributed by atoms with Crippen LogP contribution in [0.5, 0.6) is 5.75 Å². The van der Waals surface area contributed by atoms with E-state index in [1.165, 1.54) is 12.1 Å². The molecule has 2 aromatic carbocycles. The van der Waals surface area contributed by atoms with Gasteiger partial charge in [0.15, 0.2) is 0 Å². The molecule has 0 aromatic heterocycles. The van der Waals surface area contributed by atoms with Crippen molar-refractivity contribution in [2.24, 2.45) is 0 Å². The minimum atomic E-state index is -0.203. The van der Waals surface area contributed by atoms with Gasteiger partial charge in [0.25, 0.3) is 0 Å². The summed E-state index contributed by atoms with van der Waals surface area (Å²) < 4.78 is 18.3. The molecule has 0 saturated heterocycles. The van der Waals surface area contributed by atoms with Crippen LogP contribution in [0.2, 0.25) is 0 Å². The summed E-state index contributed by atoms with van der Waals surface area (Å²) >= 11 is 0. The van der Waals surface area contributed by atoms with Gasteiger partial charge in [-0.2, -0.15) is 0 Å². The predicted molar refractivity (Wildman–Crippen MR) is 89.8 cm³/mol. The summed E-state index contributed by atoms with van der Waals surface area (Å²) in [6, 6.07) is 14.4. The highest BCUT2D eigenvalue weighted by Gasteiger charge is 2.02. The van der Waals surface area contributed by atoms with E-state index in [2.05, 4.69) is 11.2 Å². The van der Waals surface area contributed by atoms with Gasteiger partial charge in [0.1, 0.15) is 18.2 Å². The standard InChI is InChI=1S/C18H18FNO.ClH/c1-2-13-21-18-6-4-3-5-16(18)14-20-12-11-15-7-9-17(19)10-8-15;/h1,3-10,20H,11-14H2;1H. The fourth-order valence-electron chi connectivity index (χ4n) is 2.02. The molecule has 22 heavy (non-hydrogen) atoms. The second kappa shape index (κ2) is 9.83. The van der Waals surface area contributed by atoms with Gasteiger partial charge in [-0.25, -0.2) is 4.39 Å². The molecular weight excluding hydrogens is 301 g/mol. The third-order valence-corrected chi connectivity index (χ3v) is 3.10. The highest BCUT2D eigenvalue weighted by molar-refractivity contribution is 5.85. The molecule has 4 heteroatoms. The second-order valence-corrected chi connectivity index (χ2v) is 4.65. The lowest BCUT2D eigenvalue weighted by Crippen LogP contribution is -2.17. The van der Waals surface area contributed by atoms with Gasteiger partial charge >= 0.3 is 0 Å². The van der Waals surface area contributed by atoms with Gasteiger partial charge in [0.05, 0.1) is 0 Å². The molecule has 116 valence electrons. The van der Waals surface area contributed by atoms with E-state index in [9.17, 15) is 4.39 Å². The summed E-state index contributed by atoms with van der Waals surface area (Å²) in [6.07, 6.45) is 6.06. The lowest BCUT2D eigenvalue weighted by atomic mass is 10.1. The summed E-state index contributed by atoms with van der Waals surface area (Å²) in [7, 11) is 0. The van der Waals surface area contributed by atoms with Crippen LogP contribution < -0.4 is 10.1 Å². The fourth-order valence-corrected chi connectivity index (χ4v) is 2.02. The Kier molecular flexibility index (Phi) is 8.06. The third kappa shape index (κ3) is 5.77. The van der Waals surface area contributed by atoms with E-state index in [0.717, 1.165) is 29.8 Å². The molecule has 0 fully saturated rings. The molecule has 0 aliphatic rings. The van der Waals surface area contributed by atoms with E-state index < -0.39 is 0 Å². The number of ether oxygens (including phenoxy) is 1. The van der Waals surface area contributed by atoms with Crippen LogP contribution in [0.15, 0.2) is 48.5 Å². The van der Waals surface area contributed by atoms with Crippen molar-refractivity contribution in [1.82, 2.24) is 5.32 Å². The van der Waals surface area contributed by atoms with Crippen molar-refractivity contribution in [3.63, 3.8) is 0 Å².